The molecule has 0 spiro atoms. The molecule has 0 saturated carbocycles. The zero-order valence-electron chi connectivity index (χ0n) is 17.4. The summed E-state index contributed by atoms with van der Waals surface area (Å²) in [4.78, 5) is 23.6. The Hall–Kier alpha value is -3.30. The average Bonchev–Trinajstić information content (AvgIpc) is 3.22. The lowest BCUT2D eigenvalue weighted by Gasteiger charge is -2.26. The third-order valence-electron chi connectivity index (χ3n) is 5.40. The van der Waals surface area contributed by atoms with Gasteiger partial charge < -0.3 is 9.64 Å². The molecule has 0 aliphatic carbocycles. The van der Waals surface area contributed by atoms with Crippen molar-refractivity contribution in [1.82, 2.24) is 24.6 Å². The molecule has 162 valence electrons. The van der Waals surface area contributed by atoms with Gasteiger partial charge in [0.15, 0.2) is 0 Å². The van der Waals surface area contributed by atoms with Crippen molar-refractivity contribution in [2.24, 2.45) is 0 Å². The molecule has 0 N–H and O–H groups in total. The number of rotatable bonds is 4. The van der Waals surface area contributed by atoms with E-state index in [9.17, 15) is 9.18 Å². The molecule has 0 unspecified atom stereocenters. The summed E-state index contributed by atoms with van der Waals surface area (Å²) in [5, 5.41) is 6.37. The van der Waals surface area contributed by atoms with E-state index in [2.05, 4.69) is 15.1 Å². The Balaban J connectivity index is 1.54. The lowest BCUT2D eigenvalue weighted by Crippen LogP contribution is -2.40. The number of halogens is 1. The third kappa shape index (κ3) is 3.74. The molecule has 7 nitrogen and oxygen atoms in total. The van der Waals surface area contributed by atoms with Gasteiger partial charge in [-0.15, -0.1) is 11.8 Å². The van der Waals surface area contributed by atoms with Gasteiger partial charge in [-0.3, -0.25) is 4.79 Å². The van der Waals surface area contributed by atoms with Gasteiger partial charge in [-0.05, 0) is 30.5 Å². The Kier molecular flexibility index (Phi) is 5.59. The number of nitrogens with zero attached hydrogens (tertiary/aromatic N) is 5. The van der Waals surface area contributed by atoms with E-state index in [1.807, 2.05) is 24.5 Å². The zero-order chi connectivity index (χ0) is 22.1. The summed E-state index contributed by atoms with van der Waals surface area (Å²) in [7, 11) is 0. The Morgan fingerprint density at radius 3 is 2.56 bits per heavy atom. The number of hydrogen-bond donors (Lipinski definition) is 0. The van der Waals surface area contributed by atoms with Crippen LogP contribution in [0.3, 0.4) is 0 Å². The Bertz CT molecular complexity index is 1290. The molecule has 1 aliphatic rings. The van der Waals surface area contributed by atoms with Crippen LogP contribution >= 0.6 is 11.8 Å². The van der Waals surface area contributed by atoms with Crippen LogP contribution in [0.4, 0.5) is 4.39 Å². The summed E-state index contributed by atoms with van der Waals surface area (Å²) in [6.45, 7) is 2.25. The largest absolute Gasteiger partial charge is 0.378 e. The predicted molar refractivity (Wildman–Crippen MR) is 121 cm³/mol. The van der Waals surface area contributed by atoms with E-state index in [1.165, 1.54) is 17.8 Å². The molecule has 0 radical (unpaired) electrons. The summed E-state index contributed by atoms with van der Waals surface area (Å²) in [6.07, 6.45) is 5.10. The second kappa shape index (κ2) is 8.68. The van der Waals surface area contributed by atoms with Crippen molar-refractivity contribution in [1.29, 1.82) is 0 Å². The number of aromatic nitrogens is 4. The number of ether oxygens (including phenoxy) is 1. The molecule has 2 aromatic carbocycles. The first kappa shape index (κ1) is 20.6. The van der Waals surface area contributed by atoms with E-state index in [-0.39, 0.29) is 11.7 Å². The number of benzene rings is 2. The first-order chi connectivity index (χ1) is 15.7. The molecule has 1 amide bonds. The van der Waals surface area contributed by atoms with Crippen LogP contribution in [0.25, 0.3) is 28.0 Å². The van der Waals surface area contributed by atoms with Gasteiger partial charge in [0.25, 0.3) is 11.9 Å². The second-order valence-electron chi connectivity index (χ2n) is 7.31. The Morgan fingerprint density at radius 1 is 1.09 bits per heavy atom. The summed E-state index contributed by atoms with van der Waals surface area (Å²) < 4.78 is 21.1. The minimum atomic E-state index is -0.329. The fourth-order valence-corrected chi connectivity index (χ4v) is 4.29. The molecule has 9 heteroatoms. The van der Waals surface area contributed by atoms with Gasteiger partial charge in [-0.1, -0.05) is 18.2 Å². The maximum Gasteiger partial charge on any atom is 0.254 e. The molecule has 0 atom stereocenters. The number of amides is 1. The van der Waals surface area contributed by atoms with Crippen LogP contribution in [0.15, 0.2) is 59.9 Å². The lowest BCUT2D eigenvalue weighted by atomic mass is 10.1. The van der Waals surface area contributed by atoms with Gasteiger partial charge in [-0.2, -0.15) is 9.78 Å². The Labute approximate surface area is 188 Å². The van der Waals surface area contributed by atoms with Gasteiger partial charge in [0.2, 0.25) is 0 Å². The quantitative estimate of drug-likeness (QED) is 0.441. The number of carbonyl (C=O) groups excluding carboxylic acids is 1. The summed E-state index contributed by atoms with van der Waals surface area (Å²) in [6, 6.07) is 12.1. The smallest absolute Gasteiger partial charge is 0.254 e. The van der Waals surface area contributed by atoms with E-state index in [0.717, 1.165) is 15.9 Å². The lowest BCUT2D eigenvalue weighted by molar-refractivity contribution is 0.0303. The van der Waals surface area contributed by atoms with Crippen molar-refractivity contribution in [2.45, 2.75) is 5.03 Å². The molecule has 0 bridgehead atoms. The highest BCUT2D eigenvalue weighted by Crippen LogP contribution is 2.29. The van der Waals surface area contributed by atoms with Gasteiger partial charge in [-0.25, -0.2) is 14.4 Å². The molecule has 4 aromatic rings. The normalized spacial score (nSPS) is 14.1. The topological polar surface area (TPSA) is 73.1 Å². The molecular formula is C23H20FN5O2S. The van der Waals surface area contributed by atoms with Crippen LogP contribution < -0.4 is 0 Å². The average molecular weight is 450 g/mol. The molecule has 1 fully saturated rings. The van der Waals surface area contributed by atoms with E-state index in [4.69, 9.17) is 4.74 Å². The SMILES string of the molecule is CSc1nn(-c2ncc(-c3ccccc3F)cn2)c2cc(C(=O)N3CCOCC3)ccc12. The van der Waals surface area contributed by atoms with E-state index in [1.54, 1.807) is 40.2 Å². The standard InChI is InChI=1S/C23H20FN5O2S/c1-32-21-18-7-6-15(22(30)28-8-10-31-11-9-28)12-20(18)29(27-21)23-25-13-16(14-26-23)17-4-2-3-5-19(17)24/h2-7,12-14H,8-11H2,1H3. The maximum atomic E-state index is 14.1. The van der Waals surface area contributed by atoms with Crippen LogP contribution in [-0.2, 0) is 4.74 Å². The predicted octanol–water partition coefficient (Wildman–Crippen LogP) is 3.82. The fraction of sp³-hybridized carbons (Fsp3) is 0.217. The number of morpholine rings is 1. The molecule has 3 heterocycles. The zero-order valence-corrected chi connectivity index (χ0v) is 18.2. The highest BCUT2D eigenvalue weighted by Gasteiger charge is 2.21. The summed E-state index contributed by atoms with van der Waals surface area (Å²) in [5.41, 5.74) is 2.34. The van der Waals surface area contributed by atoms with E-state index >= 15 is 0 Å². The van der Waals surface area contributed by atoms with E-state index < -0.39 is 0 Å². The van der Waals surface area contributed by atoms with Crippen molar-refractivity contribution in [3.8, 4) is 17.1 Å². The van der Waals surface area contributed by atoms with Gasteiger partial charge >= 0.3 is 0 Å². The molecule has 32 heavy (non-hydrogen) atoms. The van der Waals surface area contributed by atoms with Gasteiger partial charge in [0.1, 0.15) is 10.8 Å². The van der Waals surface area contributed by atoms with Crippen LogP contribution in [0, 0.1) is 5.82 Å². The molecule has 1 aliphatic heterocycles. The molecule has 5 rings (SSSR count). The van der Waals surface area contributed by atoms with Crippen molar-refractivity contribution in [2.75, 3.05) is 32.6 Å². The number of hydrogen-bond acceptors (Lipinski definition) is 6. The number of carbonyl (C=O) groups is 1. The second-order valence-corrected chi connectivity index (χ2v) is 8.10. The summed E-state index contributed by atoms with van der Waals surface area (Å²) >= 11 is 1.51. The monoisotopic (exact) mass is 449 g/mol. The molecular weight excluding hydrogens is 429 g/mol. The van der Waals surface area contributed by atoms with Crippen molar-refractivity contribution in [3.05, 3.63) is 66.2 Å². The third-order valence-corrected chi connectivity index (χ3v) is 6.09. The van der Waals surface area contributed by atoms with Crippen LogP contribution in [-0.4, -0.2) is 63.1 Å². The van der Waals surface area contributed by atoms with E-state index in [0.29, 0.717) is 48.9 Å². The molecule has 2 aromatic heterocycles. The van der Waals surface area contributed by atoms with Crippen molar-refractivity contribution < 1.29 is 13.9 Å². The molecule has 1 saturated heterocycles. The number of fused-ring (bicyclic) bond motifs is 1. The number of thioether (sulfide) groups is 1. The maximum absolute atomic E-state index is 14.1. The van der Waals surface area contributed by atoms with Crippen LogP contribution in [0.5, 0.6) is 0 Å². The van der Waals surface area contributed by atoms with Crippen molar-refractivity contribution >= 4 is 28.6 Å². The fourth-order valence-electron chi connectivity index (χ4n) is 3.74. The highest BCUT2D eigenvalue weighted by molar-refractivity contribution is 7.98. The minimum absolute atomic E-state index is 0.0375. The highest BCUT2D eigenvalue weighted by atomic mass is 32.2. The Morgan fingerprint density at radius 2 is 1.84 bits per heavy atom. The van der Waals surface area contributed by atoms with Crippen LogP contribution in [0.1, 0.15) is 10.4 Å². The first-order valence-corrected chi connectivity index (χ1v) is 11.4. The van der Waals surface area contributed by atoms with Crippen molar-refractivity contribution in [3.63, 3.8) is 0 Å². The van der Waals surface area contributed by atoms with Gasteiger partial charge in [0.05, 0.1) is 18.7 Å². The first-order valence-electron chi connectivity index (χ1n) is 10.2. The van der Waals surface area contributed by atoms with Gasteiger partial charge in [0, 0.05) is 47.6 Å². The summed E-state index contributed by atoms with van der Waals surface area (Å²) in [5.74, 6) is -0.0137. The minimum Gasteiger partial charge on any atom is -0.378 e. The van der Waals surface area contributed by atoms with Crippen LogP contribution in [0.2, 0.25) is 0 Å².